The van der Waals surface area contributed by atoms with Crippen molar-refractivity contribution in [3.8, 4) is 5.75 Å². The molecule has 0 unspecified atom stereocenters. The summed E-state index contributed by atoms with van der Waals surface area (Å²) >= 11 is 5.92. The summed E-state index contributed by atoms with van der Waals surface area (Å²) in [5.41, 5.74) is 3.31. The Balaban J connectivity index is 2.57. The van der Waals surface area contributed by atoms with Gasteiger partial charge in [0.2, 0.25) is 0 Å². The number of halogens is 1. The Morgan fingerprint density at radius 2 is 1.56 bits per heavy atom. The fraction of sp³-hybridized carbons (Fsp3) is 0.409. The molecule has 0 radical (unpaired) electrons. The lowest BCUT2D eigenvalue weighted by Gasteiger charge is -2.28. The second-order valence-corrected chi connectivity index (χ2v) is 8.79. The molecular weight excluding hydrogens is 332 g/mol. The third kappa shape index (κ3) is 4.85. The molecule has 0 N–H and O–H groups in total. The zero-order valence-corrected chi connectivity index (χ0v) is 16.7. The topological polar surface area (TPSA) is 26.3 Å². The maximum atomic E-state index is 12.1. The largest absolute Gasteiger partial charge is 0.488 e. The highest BCUT2D eigenvalue weighted by molar-refractivity contribution is 6.68. The first-order valence-electron chi connectivity index (χ1n) is 8.55. The average molecular weight is 359 g/mol. The van der Waals surface area contributed by atoms with Crippen LogP contribution in [0.1, 0.15) is 68.6 Å². The van der Waals surface area contributed by atoms with E-state index >= 15 is 0 Å². The highest BCUT2D eigenvalue weighted by atomic mass is 35.5. The van der Waals surface area contributed by atoms with E-state index in [4.69, 9.17) is 16.3 Å². The fourth-order valence-corrected chi connectivity index (χ4v) is 2.79. The van der Waals surface area contributed by atoms with Crippen molar-refractivity contribution >= 4 is 16.8 Å². The first kappa shape index (κ1) is 19.5. The van der Waals surface area contributed by atoms with E-state index in [-0.39, 0.29) is 10.8 Å². The van der Waals surface area contributed by atoms with Gasteiger partial charge in [0, 0.05) is 5.56 Å². The molecule has 0 heterocycles. The second kappa shape index (κ2) is 7.21. The van der Waals surface area contributed by atoms with Gasteiger partial charge in [0.1, 0.15) is 12.4 Å². The lowest BCUT2D eigenvalue weighted by molar-refractivity contribution is 0.107. The van der Waals surface area contributed by atoms with Crippen molar-refractivity contribution in [1.82, 2.24) is 0 Å². The van der Waals surface area contributed by atoms with Crippen LogP contribution in [0.4, 0.5) is 0 Å². The minimum atomic E-state index is -0.486. The molecule has 134 valence electrons. The number of carbonyl (C=O) groups is 1. The van der Waals surface area contributed by atoms with Gasteiger partial charge < -0.3 is 4.74 Å². The van der Waals surface area contributed by atoms with Gasteiger partial charge in [-0.15, -0.1) is 0 Å². The summed E-state index contributed by atoms with van der Waals surface area (Å²) in [4.78, 5) is 12.1. The molecule has 0 atom stereocenters. The van der Waals surface area contributed by atoms with Crippen LogP contribution in [0, 0.1) is 0 Å². The first-order chi connectivity index (χ1) is 11.5. The van der Waals surface area contributed by atoms with E-state index in [0.717, 1.165) is 16.7 Å². The summed E-state index contributed by atoms with van der Waals surface area (Å²) in [6.45, 7) is 13.1. The van der Waals surface area contributed by atoms with Gasteiger partial charge in [-0.1, -0.05) is 77.9 Å². The second-order valence-electron chi connectivity index (χ2n) is 8.45. The molecule has 0 bridgehead atoms. The SMILES string of the molecule is CC(C)(C)c1cc(C(=O)Cl)c(OCc2ccccc2)c(C(C)(C)C)c1. The molecule has 0 fully saturated rings. The smallest absolute Gasteiger partial charge is 0.256 e. The quantitative estimate of drug-likeness (QED) is 0.604. The third-order valence-corrected chi connectivity index (χ3v) is 4.40. The molecule has 2 aromatic carbocycles. The maximum Gasteiger partial charge on any atom is 0.256 e. The van der Waals surface area contributed by atoms with Crippen molar-refractivity contribution in [3.63, 3.8) is 0 Å². The molecule has 2 rings (SSSR count). The van der Waals surface area contributed by atoms with Crippen LogP contribution in [-0.4, -0.2) is 5.24 Å². The predicted octanol–water partition coefficient (Wildman–Crippen LogP) is 6.24. The Hall–Kier alpha value is -1.80. The molecule has 0 saturated heterocycles. The summed E-state index contributed by atoms with van der Waals surface area (Å²) in [7, 11) is 0. The van der Waals surface area contributed by atoms with E-state index in [2.05, 4.69) is 47.6 Å². The van der Waals surface area contributed by atoms with Crippen LogP contribution in [0.3, 0.4) is 0 Å². The van der Waals surface area contributed by atoms with E-state index in [1.807, 2.05) is 36.4 Å². The maximum absolute atomic E-state index is 12.1. The monoisotopic (exact) mass is 358 g/mol. The molecule has 2 nitrogen and oxygen atoms in total. The Labute approximate surface area is 156 Å². The van der Waals surface area contributed by atoms with E-state index in [1.165, 1.54) is 0 Å². The van der Waals surface area contributed by atoms with Gasteiger partial charge >= 0.3 is 0 Å². The number of benzene rings is 2. The molecule has 0 saturated carbocycles. The number of carbonyl (C=O) groups excluding carboxylic acids is 1. The van der Waals surface area contributed by atoms with Crippen molar-refractivity contribution in [2.75, 3.05) is 0 Å². The molecule has 2 aromatic rings. The zero-order valence-electron chi connectivity index (χ0n) is 15.9. The van der Waals surface area contributed by atoms with E-state index < -0.39 is 5.24 Å². The van der Waals surface area contributed by atoms with Crippen molar-refractivity contribution in [1.29, 1.82) is 0 Å². The van der Waals surface area contributed by atoms with E-state index in [0.29, 0.717) is 17.9 Å². The highest BCUT2D eigenvalue weighted by Gasteiger charge is 2.27. The zero-order chi connectivity index (χ0) is 18.8. The van der Waals surface area contributed by atoms with Crippen LogP contribution in [0.25, 0.3) is 0 Å². The molecule has 3 heteroatoms. The molecule has 0 aliphatic carbocycles. The normalized spacial score (nSPS) is 12.1. The average Bonchev–Trinajstić information content (AvgIpc) is 2.51. The van der Waals surface area contributed by atoms with E-state index in [9.17, 15) is 4.79 Å². The Morgan fingerprint density at radius 3 is 2.04 bits per heavy atom. The van der Waals surface area contributed by atoms with Crippen molar-refractivity contribution in [2.24, 2.45) is 0 Å². The summed E-state index contributed by atoms with van der Waals surface area (Å²) in [5, 5.41) is -0.486. The molecule has 0 aromatic heterocycles. The predicted molar refractivity (Wildman–Crippen MR) is 105 cm³/mol. The highest BCUT2D eigenvalue weighted by Crippen LogP contribution is 2.39. The number of ether oxygens (including phenoxy) is 1. The van der Waals surface area contributed by atoms with Crippen LogP contribution in [0.2, 0.25) is 0 Å². The van der Waals surface area contributed by atoms with Crippen molar-refractivity contribution in [2.45, 2.75) is 59.0 Å². The van der Waals surface area contributed by atoms with Crippen LogP contribution >= 0.6 is 11.6 Å². The van der Waals surface area contributed by atoms with Crippen LogP contribution < -0.4 is 4.74 Å². The van der Waals surface area contributed by atoms with E-state index in [1.54, 1.807) is 0 Å². The summed E-state index contributed by atoms with van der Waals surface area (Å²) < 4.78 is 6.10. The van der Waals surface area contributed by atoms with Crippen molar-refractivity contribution in [3.05, 3.63) is 64.7 Å². The lowest BCUT2D eigenvalue weighted by atomic mass is 9.79. The lowest BCUT2D eigenvalue weighted by Crippen LogP contribution is -2.19. The first-order valence-corrected chi connectivity index (χ1v) is 8.93. The van der Waals surface area contributed by atoms with Crippen molar-refractivity contribution < 1.29 is 9.53 Å². The van der Waals surface area contributed by atoms with Gasteiger partial charge in [0.15, 0.2) is 0 Å². The fourth-order valence-electron chi connectivity index (χ4n) is 2.65. The molecule has 0 aliphatic heterocycles. The number of hydrogen-bond donors (Lipinski definition) is 0. The third-order valence-electron chi connectivity index (χ3n) is 4.20. The molecule has 0 aliphatic rings. The van der Waals surface area contributed by atoms with Gasteiger partial charge in [-0.2, -0.15) is 0 Å². The number of rotatable bonds is 4. The Bertz CT molecular complexity index is 750. The summed E-state index contributed by atoms with van der Waals surface area (Å²) in [5.74, 6) is 0.587. The Morgan fingerprint density at radius 1 is 0.960 bits per heavy atom. The standard InChI is InChI=1S/C22H27ClO2/c1-21(2,3)16-12-17(20(23)24)19(18(13-16)22(4,5)6)25-14-15-10-8-7-9-11-15/h7-13H,14H2,1-6H3. The molecule has 25 heavy (non-hydrogen) atoms. The Kier molecular flexibility index (Phi) is 5.63. The number of hydrogen-bond acceptors (Lipinski definition) is 2. The molecule has 0 amide bonds. The minimum absolute atomic E-state index is 0.0843. The van der Waals surface area contributed by atoms with Gasteiger partial charge in [0.05, 0.1) is 5.56 Å². The van der Waals surface area contributed by atoms with Gasteiger partial charge in [-0.3, -0.25) is 4.79 Å². The molecular formula is C22H27ClO2. The van der Waals surface area contributed by atoms with Crippen LogP contribution in [0.5, 0.6) is 5.75 Å². The molecule has 0 spiro atoms. The van der Waals surface area contributed by atoms with Gasteiger partial charge in [-0.25, -0.2) is 0 Å². The van der Waals surface area contributed by atoms with Gasteiger partial charge in [0.25, 0.3) is 5.24 Å². The van der Waals surface area contributed by atoms with Crippen LogP contribution in [0.15, 0.2) is 42.5 Å². The summed E-state index contributed by atoms with van der Waals surface area (Å²) in [6, 6.07) is 13.9. The summed E-state index contributed by atoms with van der Waals surface area (Å²) in [6.07, 6.45) is 0. The van der Waals surface area contributed by atoms with Gasteiger partial charge in [-0.05, 0) is 39.6 Å². The minimum Gasteiger partial charge on any atom is -0.488 e. The van der Waals surface area contributed by atoms with Crippen LogP contribution in [-0.2, 0) is 17.4 Å².